The summed E-state index contributed by atoms with van der Waals surface area (Å²) < 4.78 is 5.72. The first-order valence-electron chi connectivity index (χ1n) is 9.02. The molecule has 2 aliphatic rings. The maximum atomic E-state index is 12.8. The molecule has 0 bridgehead atoms. The van der Waals surface area contributed by atoms with Crippen LogP contribution in [0.15, 0.2) is 24.3 Å². The third-order valence-corrected chi connectivity index (χ3v) is 6.39. The maximum absolute atomic E-state index is 12.8. The van der Waals surface area contributed by atoms with E-state index in [-0.39, 0.29) is 35.2 Å². The van der Waals surface area contributed by atoms with Gasteiger partial charge in [0.2, 0.25) is 5.91 Å². The van der Waals surface area contributed by atoms with Crippen molar-refractivity contribution in [2.75, 3.05) is 13.2 Å². The molecule has 2 aliphatic carbocycles. The third-order valence-electron chi connectivity index (χ3n) is 6.39. The molecule has 2 saturated carbocycles. The minimum absolute atomic E-state index is 0. The van der Waals surface area contributed by atoms with Gasteiger partial charge in [-0.15, -0.1) is 12.4 Å². The van der Waals surface area contributed by atoms with Crippen LogP contribution in [-0.4, -0.2) is 30.7 Å². The number of hydrogen-bond acceptors (Lipinski definition) is 3. The molecule has 2 atom stereocenters. The third kappa shape index (κ3) is 3.20. The summed E-state index contributed by atoms with van der Waals surface area (Å²) in [6, 6.07) is 8.47. The van der Waals surface area contributed by atoms with Gasteiger partial charge in [-0.3, -0.25) is 4.79 Å². The van der Waals surface area contributed by atoms with Gasteiger partial charge in [0.1, 0.15) is 5.54 Å². The second-order valence-electron chi connectivity index (χ2n) is 8.12. The first-order valence-corrected chi connectivity index (χ1v) is 9.02. The van der Waals surface area contributed by atoms with Gasteiger partial charge >= 0.3 is 0 Å². The van der Waals surface area contributed by atoms with E-state index in [9.17, 15) is 4.79 Å². The standard InChI is InChI=1S/C20H30N2O2.ClH/c1-5-24-16-12-20(21,18(16,3)4)17(23)22-13-19(10-11-19)15-9-7-6-8-14(15)2;/h6-9,16H,5,10-13,21H2,1-4H3,(H,22,23);1H. The van der Waals surface area contributed by atoms with Crippen LogP contribution < -0.4 is 11.1 Å². The normalized spacial score (nSPS) is 28.4. The first kappa shape index (κ1) is 20.2. The Balaban J connectivity index is 0.00000225. The number of carbonyl (C=O) groups excluding carboxylic acids is 1. The second kappa shape index (κ2) is 6.90. The molecule has 0 spiro atoms. The lowest BCUT2D eigenvalue weighted by atomic mass is 9.54. The molecular weight excluding hydrogens is 336 g/mol. The van der Waals surface area contributed by atoms with Crippen molar-refractivity contribution in [1.29, 1.82) is 0 Å². The zero-order valence-corrected chi connectivity index (χ0v) is 16.5. The van der Waals surface area contributed by atoms with Crippen molar-refractivity contribution in [3.63, 3.8) is 0 Å². The highest BCUT2D eigenvalue weighted by molar-refractivity contribution is 5.89. The molecule has 0 saturated heterocycles. The summed E-state index contributed by atoms with van der Waals surface area (Å²) in [5.41, 5.74) is 8.05. The largest absolute Gasteiger partial charge is 0.378 e. The van der Waals surface area contributed by atoms with Gasteiger partial charge in [-0.05, 0) is 37.8 Å². The maximum Gasteiger partial charge on any atom is 0.240 e. The molecule has 2 unspecified atom stereocenters. The molecule has 1 aromatic rings. The zero-order chi connectivity index (χ0) is 17.6. The Bertz CT molecular complexity index is 642. The van der Waals surface area contributed by atoms with Crippen LogP contribution in [0.5, 0.6) is 0 Å². The molecule has 1 amide bonds. The molecule has 0 aliphatic heterocycles. The van der Waals surface area contributed by atoms with E-state index < -0.39 is 5.54 Å². The monoisotopic (exact) mass is 366 g/mol. The van der Waals surface area contributed by atoms with Crippen molar-refractivity contribution in [3.8, 4) is 0 Å². The predicted octanol–water partition coefficient (Wildman–Crippen LogP) is 3.10. The van der Waals surface area contributed by atoms with E-state index in [1.807, 2.05) is 20.8 Å². The van der Waals surface area contributed by atoms with Gasteiger partial charge in [0.15, 0.2) is 0 Å². The minimum atomic E-state index is -0.839. The summed E-state index contributed by atoms with van der Waals surface area (Å²) in [7, 11) is 0. The molecule has 1 aromatic carbocycles. The molecule has 5 heteroatoms. The highest BCUT2D eigenvalue weighted by atomic mass is 35.5. The number of benzene rings is 1. The molecule has 0 aromatic heterocycles. The van der Waals surface area contributed by atoms with Crippen molar-refractivity contribution in [3.05, 3.63) is 35.4 Å². The number of rotatable bonds is 6. The van der Waals surface area contributed by atoms with Crippen molar-refractivity contribution >= 4 is 18.3 Å². The lowest BCUT2D eigenvalue weighted by Crippen LogP contribution is -2.76. The number of nitrogens with one attached hydrogen (secondary N) is 1. The van der Waals surface area contributed by atoms with E-state index in [1.165, 1.54) is 11.1 Å². The van der Waals surface area contributed by atoms with E-state index in [1.54, 1.807) is 0 Å². The smallest absolute Gasteiger partial charge is 0.240 e. The summed E-state index contributed by atoms with van der Waals surface area (Å²) in [4.78, 5) is 12.8. The first-order chi connectivity index (χ1) is 11.3. The Labute approximate surface area is 157 Å². The van der Waals surface area contributed by atoms with Crippen LogP contribution in [0.3, 0.4) is 0 Å². The number of halogens is 1. The number of hydrogen-bond donors (Lipinski definition) is 2. The number of nitrogens with two attached hydrogens (primary N) is 1. The Hall–Kier alpha value is -1.10. The van der Waals surface area contributed by atoms with Gasteiger partial charge in [-0.1, -0.05) is 38.1 Å². The average Bonchev–Trinajstić information content (AvgIpc) is 3.33. The van der Waals surface area contributed by atoms with Crippen molar-refractivity contribution in [2.45, 2.75) is 64.0 Å². The molecule has 140 valence electrons. The summed E-state index contributed by atoms with van der Waals surface area (Å²) in [5, 5.41) is 3.15. The van der Waals surface area contributed by atoms with Crippen LogP contribution in [0.1, 0.15) is 51.2 Å². The zero-order valence-electron chi connectivity index (χ0n) is 15.7. The van der Waals surface area contributed by atoms with Crippen LogP contribution in [0.25, 0.3) is 0 Å². The highest BCUT2D eigenvalue weighted by Crippen LogP contribution is 2.51. The van der Waals surface area contributed by atoms with E-state index in [4.69, 9.17) is 10.5 Å². The summed E-state index contributed by atoms with van der Waals surface area (Å²) in [6.07, 6.45) is 2.91. The topological polar surface area (TPSA) is 64.3 Å². The number of aryl methyl sites for hydroxylation is 1. The van der Waals surface area contributed by atoms with Gasteiger partial charge in [-0.25, -0.2) is 0 Å². The Morgan fingerprint density at radius 2 is 1.96 bits per heavy atom. The average molecular weight is 367 g/mol. The molecule has 2 fully saturated rings. The summed E-state index contributed by atoms with van der Waals surface area (Å²) in [5.74, 6) is -0.0386. The number of ether oxygens (including phenoxy) is 1. The number of carbonyl (C=O) groups is 1. The lowest BCUT2D eigenvalue weighted by Gasteiger charge is -2.57. The molecule has 3 rings (SSSR count). The van der Waals surface area contributed by atoms with Crippen LogP contribution in [0, 0.1) is 12.3 Å². The van der Waals surface area contributed by atoms with Crippen LogP contribution >= 0.6 is 12.4 Å². The van der Waals surface area contributed by atoms with Crippen LogP contribution in [0.2, 0.25) is 0 Å². The fourth-order valence-corrected chi connectivity index (χ4v) is 4.09. The molecule has 0 radical (unpaired) electrons. The fourth-order valence-electron chi connectivity index (χ4n) is 4.09. The van der Waals surface area contributed by atoms with Crippen molar-refractivity contribution < 1.29 is 9.53 Å². The highest BCUT2D eigenvalue weighted by Gasteiger charge is 2.63. The van der Waals surface area contributed by atoms with Crippen molar-refractivity contribution in [2.24, 2.45) is 11.1 Å². The molecule has 3 N–H and O–H groups in total. The van der Waals surface area contributed by atoms with Crippen molar-refractivity contribution in [1.82, 2.24) is 5.32 Å². The van der Waals surface area contributed by atoms with Crippen LogP contribution in [0.4, 0.5) is 0 Å². The Morgan fingerprint density at radius 3 is 2.48 bits per heavy atom. The van der Waals surface area contributed by atoms with E-state index in [2.05, 4.69) is 36.5 Å². The van der Waals surface area contributed by atoms with E-state index in [0.717, 1.165) is 12.8 Å². The fraction of sp³-hybridized carbons (Fsp3) is 0.650. The molecular formula is C20H31ClN2O2. The number of amides is 1. The van der Waals surface area contributed by atoms with Crippen LogP contribution in [-0.2, 0) is 14.9 Å². The van der Waals surface area contributed by atoms with Gasteiger partial charge in [0, 0.05) is 30.4 Å². The Kier molecular flexibility index (Phi) is 5.58. The van der Waals surface area contributed by atoms with E-state index >= 15 is 0 Å². The minimum Gasteiger partial charge on any atom is -0.378 e. The predicted molar refractivity (Wildman–Crippen MR) is 103 cm³/mol. The van der Waals surface area contributed by atoms with Gasteiger partial charge < -0.3 is 15.8 Å². The Morgan fingerprint density at radius 1 is 1.32 bits per heavy atom. The van der Waals surface area contributed by atoms with Gasteiger partial charge in [0.05, 0.1) is 6.10 Å². The second-order valence-corrected chi connectivity index (χ2v) is 8.12. The molecule has 0 heterocycles. The SMILES string of the molecule is CCOC1CC(N)(C(=O)NCC2(c3ccccc3C)CC2)C1(C)C.Cl. The molecule has 25 heavy (non-hydrogen) atoms. The van der Waals surface area contributed by atoms with Gasteiger partial charge in [-0.2, -0.15) is 0 Å². The van der Waals surface area contributed by atoms with E-state index in [0.29, 0.717) is 19.6 Å². The van der Waals surface area contributed by atoms with Gasteiger partial charge in [0.25, 0.3) is 0 Å². The summed E-state index contributed by atoms with van der Waals surface area (Å²) >= 11 is 0. The molecule has 4 nitrogen and oxygen atoms in total. The lowest BCUT2D eigenvalue weighted by molar-refractivity contribution is -0.170. The quantitative estimate of drug-likeness (QED) is 0.813. The summed E-state index contributed by atoms with van der Waals surface area (Å²) in [6.45, 7) is 9.51.